The normalized spacial score (nSPS) is 20.5. The third-order valence-electron chi connectivity index (χ3n) is 7.65. The van der Waals surface area contributed by atoms with E-state index < -0.39 is 23.2 Å². The number of esters is 1. The Morgan fingerprint density at radius 1 is 1.15 bits per heavy atom. The summed E-state index contributed by atoms with van der Waals surface area (Å²) in [5, 5.41) is 14.8. The molecular formula is C29H26Cl2FN3O5S. The van der Waals surface area contributed by atoms with Crippen molar-refractivity contribution in [2.24, 2.45) is 0 Å². The summed E-state index contributed by atoms with van der Waals surface area (Å²) in [6.07, 6.45) is 2.52. The van der Waals surface area contributed by atoms with E-state index in [0.29, 0.717) is 44.0 Å². The Kier molecular flexibility index (Phi) is 6.99. The number of carbonyl (C=O) groups is 2. The highest BCUT2D eigenvalue weighted by Gasteiger charge is 2.44. The molecule has 0 spiro atoms. The molecule has 1 unspecified atom stereocenters. The molecule has 2 aromatic heterocycles. The van der Waals surface area contributed by atoms with Gasteiger partial charge in [-0.2, -0.15) is 0 Å². The highest BCUT2D eigenvalue weighted by Crippen LogP contribution is 2.45. The summed E-state index contributed by atoms with van der Waals surface area (Å²) in [4.78, 5) is 31.8. The highest BCUT2D eigenvalue weighted by atomic mass is 35.5. The van der Waals surface area contributed by atoms with Crippen LogP contribution in [0.3, 0.4) is 0 Å². The predicted molar refractivity (Wildman–Crippen MR) is 155 cm³/mol. The molecule has 6 rings (SSSR count). The standard InChI is InChI=1S/C29H26Cl2FN3O5S/c1-29(2,3)25-22(24(34-40-25)21-17(30)5-4-6-18(21)31)27(38)39-16-11-14-7-8-15(12-16)35(14)28-33-23-19(32)9-13(26(36)37)10-20(23)41-28/h4-6,9-10,14-16H,7-8,11-12H2,1-3H3,(H,36,37)/t14-,15+,16?. The van der Waals surface area contributed by atoms with Crippen LogP contribution in [0.15, 0.2) is 34.9 Å². The number of nitrogens with zero attached hydrogens (tertiary/aromatic N) is 3. The van der Waals surface area contributed by atoms with Gasteiger partial charge in [-0.1, -0.05) is 66.5 Å². The van der Waals surface area contributed by atoms with Crippen molar-refractivity contribution in [2.45, 2.75) is 70.1 Å². The number of thiazole rings is 1. The molecule has 3 atom stereocenters. The fraction of sp³-hybridized carbons (Fsp3) is 0.379. The molecule has 2 bridgehead atoms. The molecule has 8 nitrogen and oxygen atoms in total. The minimum atomic E-state index is -1.19. The molecule has 4 heterocycles. The van der Waals surface area contributed by atoms with Crippen LogP contribution < -0.4 is 4.90 Å². The van der Waals surface area contributed by atoms with E-state index in [1.165, 1.54) is 17.4 Å². The molecule has 0 amide bonds. The molecule has 0 aliphatic carbocycles. The van der Waals surface area contributed by atoms with Crippen LogP contribution in [0.2, 0.25) is 10.0 Å². The summed E-state index contributed by atoms with van der Waals surface area (Å²) < 4.78 is 26.9. The van der Waals surface area contributed by atoms with Crippen molar-refractivity contribution in [1.82, 2.24) is 10.1 Å². The molecule has 41 heavy (non-hydrogen) atoms. The average molecular weight is 619 g/mol. The van der Waals surface area contributed by atoms with Gasteiger partial charge >= 0.3 is 11.9 Å². The van der Waals surface area contributed by atoms with Gasteiger partial charge in [0.25, 0.3) is 0 Å². The average Bonchev–Trinajstić information content (AvgIpc) is 3.58. The number of fused-ring (bicyclic) bond motifs is 3. The Morgan fingerprint density at radius 3 is 2.41 bits per heavy atom. The lowest BCUT2D eigenvalue weighted by Gasteiger charge is -2.38. The summed E-state index contributed by atoms with van der Waals surface area (Å²) >= 11 is 14.2. The third kappa shape index (κ3) is 4.96. The van der Waals surface area contributed by atoms with Gasteiger partial charge in [0.15, 0.2) is 16.7 Å². The van der Waals surface area contributed by atoms with Crippen LogP contribution in [0, 0.1) is 5.82 Å². The summed E-state index contributed by atoms with van der Waals surface area (Å²) in [7, 11) is 0. The van der Waals surface area contributed by atoms with Crippen molar-refractivity contribution in [3.05, 3.63) is 63.1 Å². The van der Waals surface area contributed by atoms with Crippen molar-refractivity contribution >= 4 is 61.8 Å². The van der Waals surface area contributed by atoms with E-state index in [-0.39, 0.29) is 40.5 Å². The topological polar surface area (TPSA) is 106 Å². The van der Waals surface area contributed by atoms with Crippen molar-refractivity contribution in [2.75, 3.05) is 4.90 Å². The number of piperidine rings is 1. The maximum Gasteiger partial charge on any atom is 0.344 e. The molecule has 2 fully saturated rings. The van der Waals surface area contributed by atoms with Crippen LogP contribution in [0.1, 0.15) is 72.9 Å². The highest BCUT2D eigenvalue weighted by molar-refractivity contribution is 7.22. The van der Waals surface area contributed by atoms with Gasteiger partial charge in [-0.05, 0) is 37.1 Å². The van der Waals surface area contributed by atoms with Gasteiger partial charge in [-0.3, -0.25) is 0 Å². The number of benzene rings is 2. The van der Waals surface area contributed by atoms with E-state index in [0.717, 1.165) is 18.9 Å². The van der Waals surface area contributed by atoms with Gasteiger partial charge < -0.3 is 19.3 Å². The van der Waals surface area contributed by atoms with Crippen molar-refractivity contribution in [3.8, 4) is 11.3 Å². The van der Waals surface area contributed by atoms with E-state index in [1.807, 2.05) is 20.8 Å². The molecule has 4 aromatic rings. The zero-order chi connectivity index (χ0) is 29.2. The van der Waals surface area contributed by atoms with Crippen LogP contribution in [0.25, 0.3) is 21.5 Å². The SMILES string of the molecule is CC(C)(C)c1onc(-c2c(Cl)cccc2Cl)c1C(=O)OC1C[C@H]2CC[C@@H](C1)N2c1nc2c(F)cc(C(=O)O)cc2s1. The van der Waals surface area contributed by atoms with E-state index in [4.69, 9.17) is 32.5 Å². The van der Waals surface area contributed by atoms with Crippen LogP contribution in [0.4, 0.5) is 9.52 Å². The second-order valence-corrected chi connectivity index (χ2v) is 13.3. The van der Waals surface area contributed by atoms with Gasteiger partial charge in [-0.25, -0.2) is 19.0 Å². The van der Waals surface area contributed by atoms with Gasteiger partial charge in [-0.15, -0.1) is 0 Å². The monoisotopic (exact) mass is 617 g/mol. The first-order chi connectivity index (χ1) is 19.4. The van der Waals surface area contributed by atoms with E-state index in [1.54, 1.807) is 18.2 Å². The van der Waals surface area contributed by atoms with Crippen molar-refractivity contribution in [3.63, 3.8) is 0 Å². The Labute approximate surface area is 249 Å². The molecular weight excluding hydrogens is 592 g/mol. The Morgan fingerprint density at radius 2 is 1.80 bits per heavy atom. The second-order valence-electron chi connectivity index (χ2n) is 11.5. The lowest BCUT2D eigenvalue weighted by Crippen LogP contribution is -2.46. The quantitative estimate of drug-likeness (QED) is 0.227. The molecule has 2 aliphatic rings. The first-order valence-electron chi connectivity index (χ1n) is 13.2. The number of aromatic carboxylic acids is 1. The van der Waals surface area contributed by atoms with E-state index in [9.17, 15) is 19.1 Å². The molecule has 1 N–H and O–H groups in total. The number of rotatable bonds is 5. The van der Waals surface area contributed by atoms with Crippen LogP contribution in [-0.2, 0) is 10.2 Å². The van der Waals surface area contributed by atoms with E-state index >= 15 is 0 Å². The predicted octanol–water partition coefficient (Wildman–Crippen LogP) is 7.75. The molecule has 12 heteroatoms. The van der Waals surface area contributed by atoms with Crippen LogP contribution in [-0.4, -0.2) is 45.4 Å². The number of carboxylic acids is 1. The van der Waals surface area contributed by atoms with Crippen LogP contribution in [0.5, 0.6) is 0 Å². The van der Waals surface area contributed by atoms with Crippen molar-refractivity contribution in [1.29, 1.82) is 0 Å². The molecule has 2 aromatic carbocycles. The third-order valence-corrected chi connectivity index (χ3v) is 9.29. The number of aromatic nitrogens is 2. The fourth-order valence-corrected chi connectivity index (χ4v) is 7.58. The van der Waals surface area contributed by atoms with Gasteiger partial charge in [0, 0.05) is 35.9 Å². The number of ether oxygens (including phenoxy) is 1. The smallest absolute Gasteiger partial charge is 0.344 e. The number of carbonyl (C=O) groups excluding carboxylic acids is 1. The fourth-order valence-electron chi connectivity index (χ4n) is 5.84. The van der Waals surface area contributed by atoms with E-state index in [2.05, 4.69) is 15.0 Å². The minimum absolute atomic E-state index is 0.0381. The number of hydrogen-bond acceptors (Lipinski definition) is 8. The zero-order valence-electron chi connectivity index (χ0n) is 22.4. The molecule has 214 valence electrons. The largest absolute Gasteiger partial charge is 0.478 e. The molecule has 2 saturated heterocycles. The number of anilines is 1. The minimum Gasteiger partial charge on any atom is -0.478 e. The summed E-state index contributed by atoms with van der Waals surface area (Å²) in [6, 6.07) is 7.58. The Balaban J connectivity index is 1.27. The second kappa shape index (κ2) is 10.3. The molecule has 0 saturated carbocycles. The molecule has 2 aliphatic heterocycles. The maximum atomic E-state index is 14.6. The lowest BCUT2D eigenvalue weighted by atomic mass is 9.88. The Bertz CT molecular complexity index is 1660. The first-order valence-corrected chi connectivity index (χ1v) is 14.8. The van der Waals surface area contributed by atoms with Gasteiger partial charge in [0.05, 0.1) is 20.3 Å². The molecule has 0 radical (unpaired) electrons. The van der Waals surface area contributed by atoms with Gasteiger partial charge in [0.1, 0.15) is 22.9 Å². The zero-order valence-corrected chi connectivity index (χ0v) is 24.7. The first kappa shape index (κ1) is 27.9. The lowest BCUT2D eigenvalue weighted by molar-refractivity contribution is 0.0200. The van der Waals surface area contributed by atoms with Gasteiger partial charge in [0.2, 0.25) is 0 Å². The van der Waals surface area contributed by atoms with Crippen molar-refractivity contribution < 1.29 is 28.3 Å². The number of hydrogen-bond donors (Lipinski definition) is 1. The van der Waals surface area contributed by atoms with Crippen LogP contribution >= 0.6 is 34.5 Å². The summed E-state index contributed by atoms with van der Waals surface area (Å²) in [6.45, 7) is 5.75. The summed E-state index contributed by atoms with van der Waals surface area (Å²) in [5.41, 5.74) is 0.367. The maximum absolute atomic E-state index is 14.6. The number of carboxylic acid groups (broad SMARTS) is 1. The Hall–Kier alpha value is -3.21. The number of halogens is 3. The summed E-state index contributed by atoms with van der Waals surface area (Å²) in [5.74, 6) is -2.02.